The standard InChI is InChI=1S/C49H66N4O9S.C33H36N4O8S.CH4/c1-7-9-10-11-12-13-14-15-16-17-18-19-20-21-37(55)51-33-27-63-48-40-39(47-46(60-28-61-47)30(4)45(40)62-31(5)54)36(26-59-49(33)57)53-35(25-50)34-24-32-23-29(3)44(58-6)43(56)38(32)41(42(48)53)52(34)22-8-2;1-6-7-36-19-9-17-8-14(2)28(41-5)27(39)22(17)25(36)26-32-24-23(31-30(43-13-44-31)15(3)29(24)45-16(4)38)21(37(26)20(19)10-34)11-42-33(40)18(35)12-46-32;/h8,23,33-36,41-42,48,56H,2,7,9-22,24,26-28H2,1,3-6H3,(H,51,55);6,8,18-21,25-26,32,39H,1,7,9,11-13,35H2,2-5H3;1H4/t33?,34-,35-,36-,41+,42?,48+;18?,19-,20-,21-,25+,26?,32+;/m00./s1. The number of rotatable bonds is 23. The number of nitrogens with one attached hydrogen (secondary N) is 1. The monoisotopic (exact) mass is 1550 g/mol. The van der Waals surface area contributed by atoms with Gasteiger partial charge in [-0.3, -0.25) is 38.8 Å². The van der Waals surface area contributed by atoms with E-state index in [1.165, 1.54) is 109 Å². The second-order valence-corrected chi connectivity index (χ2v) is 32.5. The number of nitrogens with two attached hydrogens (primary N) is 1. The molecule has 10 aliphatic heterocycles. The zero-order valence-electron chi connectivity index (χ0n) is 63.9. The Bertz CT molecular complexity index is 4310. The third kappa shape index (κ3) is 14.7. The number of cyclic esters (lactones) is 2. The number of hydrogen-bond acceptors (Lipinski definition) is 26. The van der Waals surface area contributed by atoms with Crippen LogP contribution in [0.1, 0.15) is 220 Å². The SMILES string of the molecule is C.C=CCN1[C@@H]2c3c(cc(C)c(OC)c3O)C[C@H]1[C@H](C#N)N1C2[C@@H]2SCC(N)C(=O)OC[C@H]1c1c3c(c(C)c(OC(C)=O)c12)OCO3.C=CCN1[C@@H]2c3c(cc(C)c(OC)c3O)C[C@H]1[C@H](C#N)N1C2[C@@H]2SCC(NC(=O)CCCCCCCCCCCCCCC)C(=O)OC[C@H]1c1c3c(c(C)c(OC(C)=O)c12)OCO3. The van der Waals surface area contributed by atoms with Crippen LogP contribution in [0.25, 0.3) is 0 Å². The summed E-state index contributed by atoms with van der Waals surface area (Å²) in [7, 11) is 3.07. The Labute approximate surface area is 653 Å². The molecular formula is C83H106N8O17S2. The highest BCUT2D eigenvalue weighted by Gasteiger charge is 2.64. The molecule has 14 atom stereocenters. The topological polar surface area (TPSA) is 317 Å². The molecule has 4 aromatic carbocycles. The first-order valence-electron chi connectivity index (χ1n) is 38.4. The third-order valence-electron chi connectivity index (χ3n) is 23.5. The van der Waals surface area contributed by atoms with E-state index in [1.807, 2.05) is 45.9 Å². The summed E-state index contributed by atoms with van der Waals surface area (Å²) in [6.45, 7) is 21.0. The van der Waals surface area contributed by atoms with Crippen LogP contribution in [0.4, 0.5) is 0 Å². The molecule has 0 saturated carbocycles. The maximum Gasteiger partial charge on any atom is 0.329 e. The molecule has 0 spiro atoms. The van der Waals surface area contributed by atoms with Crippen LogP contribution in [0.3, 0.4) is 0 Å². The molecular weight excluding hydrogens is 1450 g/mol. The van der Waals surface area contributed by atoms with E-state index in [0.29, 0.717) is 123 Å². The van der Waals surface area contributed by atoms with Gasteiger partial charge in [-0.15, -0.1) is 36.7 Å². The Morgan fingerprint density at radius 2 is 1.01 bits per heavy atom. The van der Waals surface area contributed by atoms with Gasteiger partial charge in [-0.1, -0.05) is 116 Å². The van der Waals surface area contributed by atoms with E-state index in [-0.39, 0.29) is 75.2 Å². The van der Waals surface area contributed by atoms with E-state index in [0.717, 1.165) is 47.9 Å². The van der Waals surface area contributed by atoms with Crippen molar-refractivity contribution in [1.82, 2.24) is 24.9 Å². The number of carbonyl (C=O) groups is 5. The van der Waals surface area contributed by atoms with Crippen molar-refractivity contribution >= 4 is 53.3 Å². The summed E-state index contributed by atoms with van der Waals surface area (Å²) >= 11 is 2.87. The molecule has 1 amide bonds. The van der Waals surface area contributed by atoms with E-state index in [9.17, 15) is 44.7 Å². The normalized spacial score (nSPS) is 26.4. The highest BCUT2D eigenvalue weighted by molar-refractivity contribution is 7.99. The van der Waals surface area contributed by atoms with Crippen LogP contribution in [0, 0.1) is 50.4 Å². The Morgan fingerprint density at radius 3 is 1.42 bits per heavy atom. The first kappa shape index (κ1) is 81.1. The Hall–Kier alpha value is -8.41. The first-order chi connectivity index (χ1) is 52.7. The number of phenolic OH excluding ortho intramolecular Hbond substituents is 2. The number of esters is 4. The van der Waals surface area contributed by atoms with Crippen molar-refractivity contribution in [3.05, 3.63) is 104 Å². The molecule has 4 unspecified atom stereocenters. The minimum atomic E-state index is -0.963. The molecule has 4 saturated heterocycles. The van der Waals surface area contributed by atoms with Gasteiger partial charge in [-0.05, 0) is 69.2 Å². The second kappa shape index (κ2) is 34.7. The number of carbonyl (C=O) groups excluding carboxylic acids is 5. The molecule has 27 heteroatoms. The molecule has 8 bridgehead atoms. The Morgan fingerprint density at radius 1 is 0.600 bits per heavy atom. The summed E-state index contributed by atoms with van der Waals surface area (Å²) in [6.07, 6.45) is 20.5. The van der Waals surface area contributed by atoms with Crippen molar-refractivity contribution in [2.75, 3.05) is 65.6 Å². The lowest BCUT2D eigenvalue weighted by Crippen LogP contribution is -2.70. The quantitative estimate of drug-likeness (QED) is 0.0232. The molecule has 0 aliphatic carbocycles. The summed E-state index contributed by atoms with van der Waals surface area (Å²) in [5.74, 6) is 1.32. The summed E-state index contributed by atoms with van der Waals surface area (Å²) in [4.78, 5) is 75.0. The first-order valence-corrected chi connectivity index (χ1v) is 40.5. The number of benzene rings is 4. The molecule has 5 N–H and O–H groups in total. The average Bonchev–Trinajstić information content (AvgIpc) is 0.904. The summed E-state index contributed by atoms with van der Waals surface area (Å²) in [5.41, 5.74) is 15.1. The van der Waals surface area contributed by atoms with Gasteiger partial charge in [0.15, 0.2) is 46.0 Å². The fraction of sp³-hybridized carbons (Fsp3) is 0.578. The molecule has 4 aromatic rings. The number of thioether (sulfide) groups is 2. The van der Waals surface area contributed by atoms with Gasteiger partial charge in [-0.25, -0.2) is 4.79 Å². The Kier molecular flexibility index (Phi) is 25.6. The highest BCUT2D eigenvalue weighted by Crippen LogP contribution is 2.67. The van der Waals surface area contributed by atoms with Crippen molar-refractivity contribution in [3.63, 3.8) is 0 Å². The molecule has 592 valence electrons. The van der Waals surface area contributed by atoms with Crippen molar-refractivity contribution in [2.45, 2.75) is 242 Å². The number of methoxy groups -OCH3 is 2. The predicted molar refractivity (Wildman–Crippen MR) is 415 cm³/mol. The van der Waals surface area contributed by atoms with Gasteiger partial charge in [0.05, 0.1) is 61.0 Å². The van der Waals surface area contributed by atoms with E-state index in [2.05, 4.69) is 57.1 Å². The van der Waals surface area contributed by atoms with Crippen molar-refractivity contribution in [1.29, 1.82) is 10.5 Å². The van der Waals surface area contributed by atoms with Crippen LogP contribution in [-0.2, 0) is 46.3 Å². The minimum Gasteiger partial charge on any atom is -0.504 e. The predicted octanol–water partition coefficient (Wildman–Crippen LogP) is 12.5. The molecule has 25 nitrogen and oxygen atoms in total. The van der Waals surface area contributed by atoms with Gasteiger partial charge in [-0.2, -0.15) is 10.5 Å². The van der Waals surface area contributed by atoms with Crippen molar-refractivity contribution in [3.8, 4) is 69.6 Å². The zero-order valence-corrected chi connectivity index (χ0v) is 65.5. The second-order valence-electron chi connectivity index (χ2n) is 30.1. The number of phenols is 2. The van der Waals surface area contributed by atoms with Crippen LogP contribution in [0.2, 0.25) is 0 Å². The number of piperazine rings is 2. The number of hydrogen-bond donors (Lipinski definition) is 4. The number of amides is 1. The molecule has 4 fully saturated rings. The molecule has 0 aromatic heterocycles. The summed E-state index contributed by atoms with van der Waals surface area (Å²) < 4.78 is 59.9. The van der Waals surface area contributed by atoms with E-state index in [1.54, 1.807) is 6.08 Å². The third-order valence-corrected chi connectivity index (χ3v) is 26.3. The largest absolute Gasteiger partial charge is 0.504 e. The van der Waals surface area contributed by atoms with E-state index in [4.69, 9.17) is 53.1 Å². The number of nitrogens with zero attached hydrogens (tertiary/aromatic N) is 6. The number of nitriles is 2. The van der Waals surface area contributed by atoms with Crippen LogP contribution in [0.5, 0.6) is 57.5 Å². The fourth-order valence-corrected chi connectivity index (χ4v) is 22.1. The highest BCUT2D eigenvalue weighted by atomic mass is 32.2. The maximum absolute atomic E-state index is 14.1. The smallest absolute Gasteiger partial charge is 0.329 e. The maximum atomic E-state index is 14.1. The average molecular weight is 1550 g/mol. The van der Waals surface area contributed by atoms with Crippen molar-refractivity contribution in [2.24, 2.45) is 5.73 Å². The van der Waals surface area contributed by atoms with Crippen LogP contribution in [-0.4, -0.2) is 174 Å². The van der Waals surface area contributed by atoms with Crippen LogP contribution >= 0.6 is 23.5 Å². The lowest BCUT2D eigenvalue weighted by atomic mass is 9.71. The molecule has 10 heterocycles. The number of fused-ring (bicyclic) bond motifs is 18. The summed E-state index contributed by atoms with van der Waals surface area (Å²) in [5, 5.41) is 48.1. The van der Waals surface area contributed by atoms with Crippen LogP contribution < -0.4 is 48.9 Å². The number of aryl methyl sites for hydroxylation is 2. The van der Waals surface area contributed by atoms with Gasteiger partial charge in [0.2, 0.25) is 19.5 Å². The lowest BCUT2D eigenvalue weighted by Gasteiger charge is -2.62. The minimum absolute atomic E-state index is 0. The van der Waals surface area contributed by atoms with Gasteiger partial charge in [0.25, 0.3) is 0 Å². The molecule has 10 aliphatic rings. The molecule has 14 rings (SSSR count). The van der Waals surface area contributed by atoms with Gasteiger partial charge in [0, 0.05) is 114 Å². The van der Waals surface area contributed by atoms with E-state index >= 15 is 0 Å². The number of aromatic hydroxyl groups is 2. The number of ether oxygens (including phenoxy) is 10. The van der Waals surface area contributed by atoms with Crippen molar-refractivity contribution < 1.29 is 81.6 Å². The van der Waals surface area contributed by atoms with Gasteiger partial charge in [0.1, 0.15) is 48.9 Å². The number of unbranched alkanes of at least 4 members (excludes halogenated alkanes) is 12. The van der Waals surface area contributed by atoms with E-state index < -0.39 is 94.8 Å². The lowest BCUT2D eigenvalue weighted by molar-refractivity contribution is -0.153. The fourth-order valence-electron chi connectivity index (χ4n) is 19.1. The summed E-state index contributed by atoms with van der Waals surface area (Å²) in [6, 6.07) is 2.01. The zero-order chi connectivity index (χ0) is 77.4. The van der Waals surface area contributed by atoms with Crippen LogP contribution in [0.15, 0.2) is 37.4 Å². The van der Waals surface area contributed by atoms with Gasteiger partial charge < -0.3 is 68.6 Å². The molecule has 0 radical (unpaired) electrons. The Balaban J connectivity index is 0.000000212. The molecule has 110 heavy (non-hydrogen) atoms. The van der Waals surface area contributed by atoms with Gasteiger partial charge >= 0.3 is 23.9 Å².